The van der Waals surface area contributed by atoms with Crippen LogP contribution in [0.4, 0.5) is 5.69 Å². The molecule has 33 heavy (non-hydrogen) atoms. The third-order valence-corrected chi connectivity index (χ3v) is 6.50. The van der Waals surface area contributed by atoms with Gasteiger partial charge in [0.25, 0.3) is 0 Å². The SMILES string of the molecule is C[C@@H]1CN(c2ccc3c(c2)Cn2cc(-c4ccc(C#N)cc4)cc2-c2nnnn2-3)C[C@H](C)N1. The number of hydrogen-bond acceptors (Lipinski definition) is 6. The van der Waals surface area contributed by atoms with Crippen molar-refractivity contribution in [1.29, 1.82) is 5.26 Å². The Kier molecular flexibility index (Phi) is 4.52. The number of anilines is 1. The van der Waals surface area contributed by atoms with E-state index in [1.54, 1.807) is 0 Å². The van der Waals surface area contributed by atoms with Crippen LogP contribution < -0.4 is 10.2 Å². The maximum atomic E-state index is 9.10. The molecule has 2 atom stereocenters. The fourth-order valence-electron chi connectivity index (χ4n) is 5.06. The normalized spacial score (nSPS) is 19.2. The van der Waals surface area contributed by atoms with Gasteiger partial charge in [0, 0.05) is 49.2 Å². The van der Waals surface area contributed by atoms with Crippen LogP contribution in [0.2, 0.25) is 0 Å². The fourth-order valence-corrected chi connectivity index (χ4v) is 5.06. The van der Waals surface area contributed by atoms with Gasteiger partial charge < -0.3 is 14.8 Å². The molecule has 0 aliphatic carbocycles. The van der Waals surface area contributed by atoms with E-state index >= 15 is 0 Å². The average molecular weight is 437 g/mol. The number of rotatable bonds is 2. The van der Waals surface area contributed by atoms with Crippen LogP contribution in [0.25, 0.3) is 28.3 Å². The molecule has 0 radical (unpaired) electrons. The molecule has 4 aromatic rings. The summed E-state index contributed by atoms with van der Waals surface area (Å²) in [5, 5.41) is 25.3. The molecule has 2 aliphatic heterocycles. The molecule has 0 spiro atoms. The largest absolute Gasteiger partial charge is 0.368 e. The Morgan fingerprint density at radius 2 is 1.79 bits per heavy atom. The maximum absolute atomic E-state index is 9.10. The highest BCUT2D eigenvalue weighted by atomic mass is 15.5. The molecule has 2 aromatic heterocycles. The number of aromatic nitrogens is 5. The Hall–Kier alpha value is -3.96. The third kappa shape index (κ3) is 3.38. The molecule has 0 bridgehead atoms. The van der Waals surface area contributed by atoms with Crippen molar-refractivity contribution < 1.29 is 0 Å². The number of fused-ring (bicyclic) bond motifs is 5. The van der Waals surface area contributed by atoms with Gasteiger partial charge in [-0.1, -0.05) is 12.1 Å². The molecule has 1 saturated heterocycles. The minimum atomic E-state index is 0.449. The summed E-state index contributed by atoms with van der Waals surface area (Å²) in [5.41, 5.74) is 7.19. The molecule has 6 rings (SSSR count). The molecule has 2 aromatic carbocycles. The van der Waals surface area contributed by atoms with Gasteiger partial charge in [-0.25, -0.2) is 0 Å². The fraction of sp³-hybridized carbons (Fsp3) is 0.280. The molecule has 2 aliphatic rings. The summed E-state index contributed by atoms with van der Waals surface area (Å²) >= 11 is 0. The van der Waals surface area contributed by atoms with Gasteiger partial charge in [-0.3, -0.25) is 0 Å². The van der Waals surface area contributed by atoms with Crippen molar-refractivity contribution in [2.24, 2.45) is 0 Å². The Labute approximate surface area is 192 Å². The lowest BCUT2D eigenvalue weighted by Crippen LogP contribution is -2.54. The van der Waals surface area contributed by atoms with Crippen LogP contribution in [0, 0.1) is 11.3 Å². The Morgan fingerprint density at radius 3 is 2.55 bits per heavy atom. The first kappa shape index (κ1) is 19.7. The molecule has 4 heterocycles. The van der Waals surface area contributed by atoms with Gasteiger partial charge >= 0.3 is 0 Å². The van der Waals surface area contributed by atoms with E-state index in [1.807, 2.05) is 28.9 Å². The van der Waals surface area contributed by atoms with Crippen molar-refractivity contribution in [1.82, 2.24) is 30.1 Å². The standard InChI is InChI=1S/C25H24N8/c1-16-12-31(13-17(2)27-16)22-7-8-23-21(9-22)15-32-14-20(19-5-3-18(11-26)4-6-19)10-24(32)25-28-29-30-33(23)25/h3-10,14,16-17,27H,12-13,15H2,1-2H3/t16-,17+. The number of benzene rings is 2. The second-order valence-corrected chi connectivity index (χ2v) is 9.03. The molecule has 8 heteroatoms. The lowest BCUT2D eigenvalue weighted by molar-refractivity contribution is 0.407. The van der Waals surface area contributed by atoms with Crippen molar-refractivity contribution >= 4 is 5.69 Å². The van der Waals surface area contributed by atoms with E-state index in [1.165, 1.54) is 11.3 Å². The smallest absolute Gasteiger partial charge is 0.203 e. The first-order valence-electron chi connectivity index (χ1n) is 11.2. The highest BCUT2D eigenvalue weighted by molar-refractivity contribution is 5.72. The predicted molar refractivity (Wildman–Crippen MR) is 126 cm³/mol. The second-order valence-electron chi connectivity index (χ2n) is 9.03. The predicted octanol–water partition coefficient (Wildman–Crippen LogP) is 3.22. The number of tetrazole rings is 1. The summed E-state index contributed by atoms with van der Waals surface area (Å²) in [6.07, 6.45) is 2.15. The summed E-state index contributed by atoms with van der Waals surface area (Å²) in [5.74, 6) is 0.728. The number of nitriles is 1. The lowest BCUT2D eigenvalue weighted by atomic mass is 10.1. The summed E-state index contributed by atoms with van der Waals surface area (Å²) in [6, 6.07) is 19.4. The highest BCUT2D eigenvalue weighted by Gasteiger charge is 2.26. The highest BCUT2D eigenvalue weighted by Crippen LogP contribution is 2.34. The molecule has 0 saturated carbocycles. The number of hydrogen-bond donors (Lipinski definition) is 1. The van der Waals surface area contributed by atoms with Gasteiger partial charge in [-0.05, 0) is 71.8 Å². The first-order valence-corrected chi connectivity index (χ1v) is 11.2. The van der Waals surface area contributed by atoms with Crippen LogP contribution in [0.15, 0.2) is 54.7 Å². The summed E-state index contributed by atoms with van der Waals surface area (Å²) in [4.78, 5) is 2.45. The Morgan fingerprint density at radius 1 is 1.00 bits per heavy atom. The topological polar surface area (TPSA) is 87.6 Å². The van der Waals surface area contributed by atoms with Crippen molar-refractivity contribution in [2.45, 2.75) is 32.5 Å². The average Bonchev–Trinajstić information content (AvgIpc) is 3.43. The molecule has 0 amide bonds. The number of piperazine rings is 1. The lowest BCUT2D eigenvalue weighted by Gasteiger charge is -2.38. The molecule has 8 nitrogen and oxygen atoms in total. The van der Waals surface area contributed by atoms with Crippen molar-refractivity contribution in [3.8, 4) is 34.4 Å². The zero-order valence-electron chi connectivity index (χ0n) is 18.6. The minimum Gasteiger partial charge on any atom is -0.368 e. The summed E-state index contributed by atoms with van der Waals surface area (Å²) in [7, 11) is 0. The monoisotopic (exact) mass is 436 g/mol. The van der Waals surface area contributed by atoms with Gasteiger partial charge in [0.2, 0.25) is 5.82 Å². The van der Waals surface area contributed by atoms with Crippen molar-refractivity contribution in [2.75, 3.05) is 18.0 Å². The van der Waals surface area contributed by atoms with E-state index in [9.17, 15) is 0 Å². The van der Waals surface area contributed by atoms with Crippen LogP contribution in [-0.2, 0) is 6.54 Å². The molecule has 0 unspecified atom stereocenters. The van der Waals surface area contributed by atoms with Crippen LogP contribution in [-0.4, -0.2) is 49.9 Å². The summed E-state index contributed by atoms with van der Waals surface area (Å²) < 4.78 is 4.05. The number of nitrogens with one attached hydrogen (secondary N) is 1. The molecular weight excluding hydrogens is 412 g/mol. The van der Waals surface area contributed by atoms with E-state index in [2.05, 4.69) is 80.7 Å². The Bertz CT molecular complexity index is 1360. The minimum absolute atomic E-state index is 0.449. The van der Waals surface area contributed by atoms with Crippen LogP contribution in [0.1, 0.15) is 25.0 Å². The quantitative estimate of drug-likeness (QED) is 0.457. The van der Waals surface area contributed by atoms with Gasteiger partial charge in [-0.15, -0.1) is 5.10 Å². The van der Waals surface area contributed by atoms with Crippen LogP contribution in [0.5, 0.6) is 0 Å². The van der Waals surface area contributed by atoms with Crippen LogP contribution in [0.3, 0.4) is 0 Å². The van der Waals surface area contributed by atoms with Crippen molar-refractivity contribution in [3.63, 3.8) is 0 Å². The second kappa shape index (κ2) is 7.57. The zero-order valence-corrected chi connectivity index (χ0v) is 18.6. The Balaban J connectivity index is 1.42. The third-order valence-electron chi connectivity index (χ3n) is 6.50. The maximum Gasteiger partial charge on any atom is 0.203 e. The summed E-state index contributed by atoms with van der Waals surface area (Å²) in [6.45, 7) is 7.15. The molecular formula is C25H24N8. The molecule has 164 valence electrons. The van der Waals surface area contributed by atoms with Gasteiger partial charge in [0.1, 0.15) is 0 Å². The van der Waals surface area contributed by atoms with E-state index in [-0.39, 0.29) is 0 Å². The van der Waals surface area contributed by atoms with E-state index in [0.29, 0.717) is 17.6 Å². The molecule has 1 fully saturated rings. The van der Waals surface area contributed by atoms with E-state index in [4.69, 9.17) is 5.26 Å². The van der Waals surface area contributed by atoms with Crippen LogP contribution >= 0.6 is 0 Å². The van der Waals surface area contributed by atoms with Gasteiger partial charge in [-0.2, -0.15) is 9.94 Å². The van der Waals surface area contributed by atoms with E-state index < -0.39 is 0 Å². The molecule has 1 N–H and O–H groups in total. The van der Waals surface area contributed by atoms with Crippen molar-refractivity contribution in [3.05, 3.63) is 65.9 Å². The number of nitrogens with zero attached hydrogens (tertiary/aromatic N) is 7. The van der Waals surface area contributed by atoms with Gasteiger partial charge in [0.15, 0.2) is 0 Å². The van der Waals surface area contributed by atoms with Gasteiger partial charge in [0.05, 0.1) is 23.0 Å². The van der Waals surface area contributed by atoms with E-state index in [0.717, 1.165) is 48.0 Å². The first-order chi connectivity index (χ1) is 16.1. The zero-order chi connectivity index (χ0) is 22.5.